The van der Waals surface area contributed by atoms with Crippen molar-refractivity contribution in [3.05, 3.63) is 96.7 Å². The van der Waals surface area contributed by atoms with Gasteiger partial charge in [-0.25, -0.2) is 9.79 Å². The molecule has 1 aliphatic heterocycles. The molecule has 4 aromatic rings. The minimum atomic E-state index is -0.817. The summed E-state index contributed by atoms with van der Waals surface area (Å²) in [5.41, 5.74) is 1.80. The summed E-state index contributed by atoms with van der Waals surface area (Å²) in [4.78, 5) is 32.4. The third-order valence-corrected chi connectivity index (χ3v) is 7.43. The van der Waals surface area contributed by atoms with Crippen molar-refractivity contribution in [3.8, 4) is 17.2 Å². The molecule has 0 unspecified atom stereocenters. The molecule has 0 saturated heterocycles. The summed E-state index contributed by atoms with van der Waals surface area (Å²) in [5, 5.41) is 11.8. The van der Waals surface area contributed by atoms with Gasteiger partial charge in [-0.1, -0.05) is 47.7 Å². The molecular formula is C29H26N2O6S. The second-order valence-corrected chi connectivity index (χ2v) is 9.65. The van der Waals surface area contributed by atoms with Crippen LogP contribution in [0.4, 0.5) is 0 Å². The van der Waals surface area contributed by atoms with Crippen molar-refractivity contribution in [1.29, 1.82) is 0 Å². The van der Waals surface area contributed by atoms with Crippen LogP contribution in [0.2, 0.25) is 0 Å². The highest BCUT2D eigenvalue weighted by Gasteiger charge is 2.36. The molecule has 1 atom stereocenters. The Morgan fingerprint density at radius 2 is 1.87 bits per heavy atom. The molecule has 8 nitrogen and oxygen atoms in total. The molecule has 3 aromatic carbocycles. The SMILES string of the molecule is CCOC(=O)C1=C(C)N=c2s/c(=C\c3ccc(O)c(OC)c3)c(=O)n2[C@H]1c1c(OC)ccc2ccccc12. The zero-order valence-corrected chi connectivity index (χ0v) is 22.2. The lowest BCUT2D eigenvalue weighted by molar-refractivity contribution is -0.139. The lowest BCUT2D eigenvalue weighted by Gasteiger charge is -2.27. The van der Waals surface area contributed by atoms with Gasteiger partial charge in [0.25, 0.3) is 5.56 Å². The summed E-state index contributed by atoms with van der Waals surface area (Å²) < 4.78 is 18.4. The van der Waals surface area contributed by atoms with Crippen LogP contribution >= 0.6 is 11.3 Å². The quantitative estimate of drug-likeness (QED) is 0.382. The molecule has 9 heteroatoms. The molecule has 38 heavy (non-hydrogen) atoms. The van der Waals surface area contributed by atoms with E-state index < -0.39 is 12.0 Å². The first-order valence-corrected chi connectivity index (χ1v) is 12.8. The van der Waals surface area contributed by atoms with Crippen LogP contribution in [-0.2, 0) is 9.53 Å². The van der Waals surface area contributed by atoms with Crippen LogP contribution in [0.15, 0.2) is 75.7 Å². The van der Waals surface area contributed by atoms with Crippen LogP contribution < -0.4 is 24.4 Å². The standard InChI is InChI=1S/C29H26N2O6S/c1-5-37-28(34)24-16(2)30-29-31(26(24)25-19-9-7-6-8-18(19)11-13-21(25)35-3)27(33)23(38-29)15-17-10-12-20(32)22(14-17)36-4/h6-15,26,32H,5H2,1-4H3/b23-15-/t26-/m1/s1. The minimum Gasteiger partial charge on any atom is -0.504 e. The van der Waals surface area contributed by atoms with Crippen molar-refractivity contribution in [3.63, 3.8) is 0 Å². The van der Waals surface area contributed by atoms with E-state index in [-0.39, 0.29) is 23.5 Å². The van der Waals surface area contributed by atoms with Gasteiger partial charge in [0.05, 0.1) is 36.6 Å². The van der Waals surface area contributed by atoms with Gasteiger partial charge in [0.2, 0.25) is 0 Å². The number of ether oxygens (including phenoxy) is 3. The number of rotatable bonds is 6. The average Bonchev–Trinajstić information content (AvgIpc) is 3.22. The fourth-order valence-corrected chi connectivity index (χ4v) is 5.78. The molecule has 0 saturated carbocycles. The van der Waals surface area contributed by atoms with Crippen molar-refractivity contribution in [2.24, 2.45) is 4.99 Å². The molecule has 5 rings (SSSR count). The summed E-state index contributed by atoms with van der Waals surface area (Å²) in [6, 6.07) is 15.6. The first kappa shape index (κ1) is 25.3. The highest BCUT2D eigenvalue weighted by atomic mass is 32.1. The summed E-state index contributed by atoms with van der Waals surface area (Å²) >= 11 is 1.22. The summed E-state index contributed by atoms with van der Waals surface area (Å²) in [7, 11) is 3.03. The second kappa shape index (κ2) is 10.2. The van der Waals surface area contributed by atoms with Crippen molar-refractivity contribution < 1.29 is 24.1 Å². The Labute approximate surface area is 222 Å². The van der Waals surface area contributed by atoms with Crippen LogP contribution in [0.25, 0.3) is 16.8 Å². The molecule has 1 aliphatic rings. The zero-order valence-electron chi connectivity index (χ0n) is 21.3. The topological polar surface area (TPSA) is 99.4 Å². The molecule has 0 spiro atoms. The number of fused-ring (bicyclic) bond motifs is 2. The molecular weight excluding hydrogens is 504 g/mol. The first-order valence-electron chi connectivity index (χ1n) is 12.0. The summed E-state index contributed by atoms with van der Waals surface area (Å²) in [6.45, 7) is 3.67. The smallest absolute Gasteiger partial charge is 0.338 e. The minimum absolute atomic E-state index is 0.00358. The number of aromatic nitrogens is 1. The van der Waals surface area contributed by atoms with E-state index in [1.807, 2.05) is 36.4 Å². The fraction of sp³-hybridized carbons (Fsp3) is 0.207. The number of hydrogen-bond acceptors (Lipinski definition) is 8. The summed E-state index contributed by atoms with van der Waals surface area (Å²) in [5.74, 6) is 0.309. The number of aromatic hydroxyl groups is 1. The number of benzene rings is 3. The van der Waals surface area contributed by atoms with Crippen LogP contribution in [0.3, 0.4) is 0 Å². The van der Waals surface area contributed by atoms with E-state index >= 15 is 0 Å². The Morgan fingerprint density at radius 1 is 1.11 bits per heavy atom. The maximum atomic E-state index is 14.0. The number of hydrogen-bond donors (Lipinski definition) is 1. The van der Waals surface area contributed by atoms with Crippen molar-refractivity contribution in [1.82, 2.24) is 4.57 Å². The molecule has 194 valence electrons. The average molecular weight is 531 g/mol. The lowest BCUT2D eigenvalue weighted by atomic mass is 9.90. The zero-order chi connectivity index (χ0) is 27.0. The van der Waals surface area contributed by atoms with E-state index in [0.717, 1.165) is 10.8 Å². The van der Waals surface area contributed by atoms with Gasteiger partial charge in [-0.3, -0.25) is 9.36 Å². The molecule has 1 aromatic heterocycles. The normalized spacial score (nSPS) is 15.3. The van der Waals surface area contributed by atoms with E-state index in [9.17, 15) is 14.7 Å². The van der Waals surface area contributed by atoms with E-state index in [4.69, 9.17) is 14.2 Å². The van der Waals surface area contributed by atoms with E-state index in [1.54, 1.807) is 39.2 Å². The maximum Gasteiger partial charge on any atom is 0.338 e. The van der Waals surface area contributed by atoms with Crippen molar-refractivity contribution in [2.45, 2.75) is 19.9 Å². The number of thiazole rings is 1. The molecule has 1 N–H and O–H groups in total. The van der Waals surface area contributed by atoms with Gasteiger partial charge < -0.3 is 19.3 Å². The third-order valence-electron chi connectivity index (χ3n) is 6.44. The molecule has 0 fully saturated rings. The van der Waals surface area contributed by atoms with Crippen LogP contribution in [-0.4, -0.2) is 36.5 Å². The maximum absolute atomic E-state index is 14.0. The predicted octanol–water partition coefficient (Wildman–Crippen LogP) is 3.67. The Hall–Kier alpha value is -4.37. The Bertz CT molecular complexity index is 1780. The number of phenolic OH excluding ortho intramolecular Hbond substituents is 1. The lowest BCUT2D eigenvalue weighted by Crippen LogP contribution is -2.40. The molecule has 2 heterocycles. The van der Waals surface area contributed by atoms with Gasteiger partial charge in [0.15, 0.2) is 16.3 Å². The Kier molecular flexibility index (Phi) is 6.77. The number of esters is 1. The summed E-state index contributed by atoms with van der Waals surface area (Å²) in [6.07, 6.45) is 1.71. The van der Waals surface area contributed by atoms with Crippen LogP contribution in [0.5, 0.6) is 17.2 Å². The Balaban J connectivity index is 1.83. The highest BCUT2D eigenvalue weighted by Crippen LogP contribution is 2.40. The van der Waals surface area contributed by atoms with Gasteiger partial charge >= 0.3 is 5.97 Å². The van der Waals surface area contributed by atoms with E-state index in [2.05, 4.69) is 4.99 Å². The molecule has 0 radical (unpaired) electrons. The van der Waals surface area contributed by atoms with Gasteiger partial charge in [-0.05, 0) is 54.5 Å². The number of carbonyl (C=O) groups is 1. The third kappa shape index (κ3) is 4.24. The van der Waals surface area contributed by atoms with Gasteiger partial charge in [0, 0.05) is 5.56 Å². The number of carbonyl (C=O) groups excluding carboxylic acids is 1. The predicted molar refractivity (Wildman–Crippen MR) is 146 cm³/mol. The van der Waals surface area contributed by atoms with Gasteiger partial charge in [0.1, 0.15) is 11.8 Å². The fourth-order valence-electron chi connectivity index (χ4n) is 4.74. The van der Waals surface area contributed by atoms with Crippen molar-refractivity contribution >= 4 is 34.2 Å². The van der Waals surface area contributed by atoms with Gasteiger partial charge in [-0.2, -0.15) is 0 Å². The Morgan fingerprint density at radius 3 is 2.61 bits per heavy atom. The second-order valence-electron chi connectivity index (χ2n) is 8.64. The number of nitrogens with zero attached hydrogens (tertiary/aromatic N) is 2. The first-order chi connectivity index (χ1) is 18.4. The van der Waals surface area contributed by atoms with Crippen LogP contribution in [0, 0.1) is 0 Å². The van der Waals surface area contributed by atoms with E-state index in [0.29, 0.717) is 37.7 Å². The van der Waals surface area contributed by atoms with Crippen LogP contribution in [0.1, 0.15) is 31.0 Å². The highest BCUT2D eigenvalue weighted by molar-refractivity contribution is 7.07. The molecule has 0 aliphatic carbocycles. The molecule has 0 bridgehead atoms. The van der Waals surface area contributed by atoms with E-state index in [1.165, 1.54) is 29.1 Å². The van der Waals surface area contributed by atoms with Gasteiger partial charge in [-0.15, -0.1) is 0 Å². The molecule has 0 amide bonds. The number of methoxy groups -OCH3 is 2. The number of allylic oxidation sites excluding steroid dienone is 1. The largest absolute Gasteiger partial charge is 0.504 e. The van der Waals surface area contributed by atoms with Crippen molar-refractivity contribution in [2.75, 3.05) is 20.8 Å². The monoisotopic (exact) mass is 530 g/mol. The number of phenols is 1.